The van der Waals surface area contributed by atoms with Gasteiger partial charge in [0.2, 0.25) is 5.91 Å². The fourth-order valence-electron chi connectivity index (χ4n) is 2.47. The van der Waals surface area contributed by atoms with E-state index < -0.39 is 0 Å². The molecule has 1 aliphatic heterocycles. The van der Waals surface area contributed by atoms with E-state index in [1.807, 2.05) is 12.3 Å². The molecule has 1 fully saturated rings. The van der Waals surface area contributed by atoms with Gasteiger partial charge in [-0.05, 0) is 26.3 Å². The number of hydrogen-bond acceptors (Lipinski definition) is 6. The molecule has 1 N–H and O–H groups in total. The number of piperidine rings is 1. The van der Waals surface area contributed by atoms with E-state index in [1.54, 1.807) is 0 Å². The third-order valence-corrected chi connectivity index (χ3v) is 4.15. The highest BCUT2D eigenvalue weighted by molar-refractivity contribution is 7.13. The molecule has 2 heterocycles. The summed E-state index contributed by atoms with van der Waals surface area (Å²) in [6, 6.07) is 0. The van der Waals surface area contributed by atoms with Crippen molar-refractivity contribution in [2.24, 2.45) is 5.92 Å². The number of amides is 1. The van der Waals surface area contributed by atoms with Gasteiger partial charge in [-0.1, -0.05) is 0 Å². The lowest BCUT2D eigenvalue weighted by Gasteiger charge is -2.30. The van der Waals surface area contributed by atoms with Crippen molar-refractivity contribution in [1.29, 1.82) is 0 Å². The number of esters is 1. The molecule has 1 saturated heterocycles. The number of aromatic nitrogens is 1. The highest BCUT2D eigenvalue weighted by atomic mass is 32.1. The number of carbonyl (C=O) groups excluding carboxylic acids is 2. The molecule has 1 aromatic rings. The van der Waals surface area contributed by atoms with Crippen LogP contribution in [0.4, 0.5) is 5.13 Å². The van der Waals surface area contributed by atoms with Gasteiger partial charge in [0, 0.05) is 25.4 Å². The van der Waals surface area contributed by atoms with E-state index in [0.29, 0.717) is 24.8 Å². The molecule has 0 aliphatic carbocycles. The number of likely N-dealkylation sites (tertiary alicyclic amines) is 1. The number of thiazole rings is 1. The van der Waals surface area contributed by atoms with Crippen LogP contribution in [-0.2, 0) is 20.9 Å². The smallest absolute Gasteiger partial charge is 0.310 e. The maximum Gasteiger partial charge on any atom is 0.310 e. The van der Waals surface area contributed by atoms with E-state index in [4.69, 9.17) is 4.74 Å². The van der Waals surface area contributed by atoms with E-state index in [2.05, 4.69) is 15.2 Å². The summed E-state index contributed by atoms with van der Waals surface area (Å²) in [6.45, 7) is 6.11. The van der Waals surface area contributed by atoms with E-state index in [0.717, 1.165) is 25.1 Å². The van der Waals surface area contributed by atoms with Crippen LogP contribution in [0.3, 0.4) is 0 Å². The molecule has 1 atom stereocenters. The normalized spacial score (nSPS) is 19.2. The van der Waals surface area contributed by atoms with Gasteiger partial charge in [0.25, 0.3) is 0 Å². The zero-order chi connectivity index (χ0) is 15.2. The van der Waals surface area contributed by atoms with Crippen LogP contribution in [0.15, 0.2) is 5.38 Å². The second-order valence-corrected chi connectivity index (χ2v) is 6.01. The zero-order valence-electron chi connectivity index (χ0n) is 12.4. The van der Waals surface area contributed by atoms with Crippen molar-refractivity contribution in [3.8, 4) is 0 Å². The van der Waals surface area contributed by atoms with Crippen LogP contribution in [0.2, 0.25) is 0 Å². The maximum absolute atomic E-state index is 11.8. The Bertz CT molecular complexity index is 503. The van der Waals surface area contributed by atoms with Crippen LogP contribution < -0.4 is 5.32 Å². The Morgan fingerprint density at radius 1 is 1.57 bits per heavy atom. The molecular weight excluding hydrogens is 290 g/mol. The quantitative estimate of drug-likeness (QED) is 0.841. The molecule has 0 spiro atoms. The number of ether oxygens (including phenoxy) is 1. The lowest BCUT2D eigenvalue weighted by atomic mass is 9.98. The van der Waals surface area contributed by atoms with Crippen molar-refractivity contribution in [2.75, 3.05) is 25.0 Å². The third-order valence-electron chi connectivity index (χ3n) is 3.35. The largest absolute Gasteiger partial charge is 0.466 e. The van der Waals surface area contributed by atoms with E-state index >= 15 is 0 Å². The van der Waals surface area contributed by atoms with Crippen LogP contribution in [0.1, 0.15) is 32.4 Å². The standard InChI is InChI=1S/C14H21N3O3S/c1-3-20-13(19)11-5-4-6-17(7-11)8-12-9-21-14(16-12)15-10(2)18/h9,11H,3-8H2,1-2H3,(H,15,16,18)/t11-/m1/s1. The fourth-order valence-corrected chi connectivity index (χ4v) is 3.22. The summed E-state index contributed by atoms with van der Waals surface area (Å²) < 4.78 is 5.10. The first-order valence-corrected chi connectivity index (χ1v) is 8.07. The Labute approximate surface area is 128 Å². The van der Waals surface area contributed by atoms with Crippen LogP contribution in [0.5, 0.6) is 0 Å². The van der Waals surface area contributed by atoms with Crippen molar-refractivity contribution < 1.29 is 14.3 Å². The summed E-state index contributed by atoms with van der Waals surface area (Å²) in [5.74, 6) is -0.247. The number of carbonyl (C=O) groups is 2. The monoisotopic (exact) mass is 311 g/mol. The van der Waals surface area contributed by atoms with Gasteiger partial charge in [-0.25, -0.2) is 4.98 Å². The molecule has 0 radical (unpaired) electrons. The van der Waals surface area contributed by atoms with Crippen molar-refractivity contribution in [3.05, 3.63) is 11.1 Å². The van der Waals surface area contributed by atoms with Gasteiger partial charge in [-0.2, -0.15) is 0 Å². The van der Waals surface area contributed by atoms with Gasteiger partial charge in [-0.15, -0.1) is 11.3 Å². The number of anilines is 1. The first-order chi connectivity index (χ1) is 10.1. The summed E-state index contributed by atoms with van der Waals surface area (Å²) in [5, 5.41) is 5.25. The minimum absolute atomic E-state index is 0.0350. The topological polar surface area (TPSA) is 71.5 Å². The number of rotatable bonds is 5. The highest BCUT2D eigenvalue weighted by Crippen LogP contribution is 2.22. The molecule has 1 aliphatic rings. The second kappa shape index (κ2) is 7.51. The summed E-state index contributed by atoms with van der Waals surface area (Å²) >= 11 is 1.42. The summed E-state index contributed by atoms with van der Waals surface area (Å²) in [7, 11) is 0. The zero-order valence-corrected chi connectivity index (χ0v) is 13.2. The highest BCUT2D eigenvalue weighted by Gasteiger charge is 2.27. The van der Waals surface area contributed by atoms with E-state index in [-0.39, 0.29) is 17.8 Å². The van der Waals surface area contributed by atoms with Crippen molar-refractivity contribution in [2.45, 2.75) is 33.2 Å². The predicted molar refractivity (Wildman–Crippen MR) is 81.1 cm³/mol. The van der Waals surface area contributed by atoms with Crippen LogP contribution >= 0.6 is 11.3 Å². The number of nitrogens with one attached hydrogen (secondary N) is 1. The van der Waals surface area contributed by atoms with E-state index in [1.165, 1.54) is 18.3 Å². The number of nitrogens with zero attached hydrogens (tertiary/aromatic N) is 2. The third kappa shape index (κ3) is 4.78. The van der Waals surface area contributed by atoms with Gasteiger partial charge in [0.15, 0.2) is 5.13 Å². The predicted octanol–water partition coefficient (Wildman–Crippen LogP) is 1.88. The van der Waals surface area contributed by atoms with Crippen molar-refractivity contribution in [1.82, 2.24) is 9.88 Å². The van der Waals surface area contributed by atoms with Gasteiger partial charge >= 0.3 is 5.97 Å². The number of hydrogen-bond donors (Lipinski definition) is 1. The lowest BCUT2D eigenvalue weighted by Crippen LogP contribution is -2.39. The van der Waals surface area contributed by atoms with Crippen molar-refractivity contribution in [3.63, 3.8) is 0 Å². The molecule has 1 aromatic heterocycles. The Hall–Kier alpha value is -1.47. The molecule has 6 nitrogen and oxygen atoms in total. The Morgan fingerprint density at radius 3 is 3.10 bits per heavy atom. The molecular formula is C14H21N3O3S. The Balaban J connectivity index is 1.88. The second-order valence-electron chi connectivity index (χ2n) is 5.15. The molecule has 7 heteroatoms. The van der Waals surface area contributed by atoms with Gasteiger partial charge < -0.3 is 10.1 Å². The lowest BCUT2D eigenvalue weighted by molar-refractivity contribution is -0.150. The van der Waals surface area contributed by atoms with Crippen LogP contribution in [0.25, 0.3) is 0 Å². The minimum atomic E-state index is -0.115. The maximum atomic E-state index is 11.8. The molecule has 0 unspecified atom stereocenters. The average molecular weight is 311 g/mol. The van der Waals surface area contributed by atoms with Gasteiger partial charge in [0.05, 0.1) is 18.2 Å². The Morgan fingerprint density at radius 2 is 2.38 bits per heavy atom. The fraction of sp³-hybridized carbons (Fsp3) is 0.643. The molecule has 1 amide bonds. The SMILES string of the molecule is CCOC(=O)[C@@H]1CCCN(Cc2csc(NC(C)=O)n2)C1. The summed E-state index contributed by atoms with van der Waals surface area (Å²) in [5.41, 5.74) is 0.924. The van der Waals surface area contributed by atoms with Crippen LogP contribution in [0, 0.1) is 5.92 Å². The molecule has 0 saturated carbocycles. The minimum Gasteiger partial charge on any atom is -0.466 e. The molecule has 116 valence electrons. The van der Waals surface area contributed by atoms with Gasteiger partial charge in [0.1, 0.15) is 0 Å². The average Bonchev–Trinajstić information content (AvgIpc) is 2.85. The van der Waals surface area contributed by atoms with Crippen molar-refractivity contribution >= 4 is 28.3 Å². The van der Waals surface area contributed by atoms with Gasteiger partial charge in [-0.3, -0.25) is 14.5 Å². The van der Waals surface area contributed by atoms with Crippen LogP contribution in [-0.4, -0.2) is 41.5 Å². The van der Waals surface area contributed by atoms with E-state index in [9.17, 15) is 9.59 Å². The summed E-state index contributed by atoms with van der Waals surface area (Å²) in [4.78, 5) is 29.4. The molecule has 2 rings (SSSR count). The first kappa shape index (κ1) is 15.9. The Kier molecular flexibility index (Phi) is 5.69. The summed E-state index contributed by atoms with van der Waals surface area (Å²) in [6.07, 6.45) is 1.88. The first-order valence-electron chi connectivity index (χ1n) is 7.19. The molecule has 0 aromatic carbocycles. The molecule has 0 bridgehead atoms. The molecule has 21 heavy (non-hydrogen) atoms.